The van der Waals surface area contributed by atoms with E-state index in [1.54, 1.807) is 18.0 Å². The molecule has 0 atom stereocenters. The zero-order valence-corrected chi connectivity index (χ0v) is 13.0. The van der Waals surface area contributed by atoms with Gasteiger partial charge >= 0.3 is 0 Å². The number of halogens is 1. The van der Waals surface area contributed by atoms with Crippen molar-refractivity contribution >= 4 is 27.5 Å². The van der Waals surface area contributed by atoms with Crippen LogP contribution in [0.2, 0.25) is 0 Å². The Morgan fingerprint density at radius 1 is 1.40 bits per heavy atom. The zero-order valence-electron chi connectivity index (χ0n) is 11.4. The van der Waals surface area contributed by atoms with Crippen LogP contribution < -0.4 is 5.73 Å². The molecule has 0 unspecified atom stereocenters. The summed E-state index contributed by atoms with van der Waals surface area (Å²) in [6.45, 7) is 2.35. The number of aryl methyl sites for hydroxylation is 1. The predicted molar refractivity (Wildman–Crippen MR) is 83.3 cm³/mol. The van der Waals surface area contributed by atoms with Crippen molar-refractivity contribution in [1.82, 2.24) is 9.88 Å². The Balaban J connectivity index is 2.19. The Hall–Kier alpha value is -1.88. The van der Waals surface area contributed by atoms with Gasteiger partial charge in [0.1, 0.15) is 0 Å². The number of nitrogens with zero attached hydrogens (tertiary/aromatic N) is 2. The first-order chi connectivity index (χ1) is 9.49. The SMILES string of the molecule is Cc1cc(N)c(C(=O)N(C)Cc2ccccc2Br)cn1. The molecule has 20 heavy (non-hydrogen) atoms. The van der Waals surface area contributed by atoms with Gasteiger partial charge in [0.05, 0.1) is 5.56 Å². The minimum atomic E-state index is -0.134. The second-order valence-electron chi connectivity index (χ2n) is 4.67. The molecule has 2 N–H and O–H groups in total. The minimum absolute atomic E-state index is 0.134. The van der Waals surface area contributed by atoms with Crippen molar-refractivity contribution in [3.8, 4) is 0 Å². The maximum Gasteiger partial charge on any atom is 0.257 e. The molecule has 0 aliphatic rings. The third-order valence-electron chi connectivity index (χ3n) is 3.02. The van der Waals surface area contributed by atoms with Gasteiger partial charge in [-0.05, 0) is 24.6 Å². The van der Waals surface area contributed by atoms with Crippen LogP contribution >= 0.6 is 15.9 Å². The summed E-state index contributed by atoms with van der Waals surface area (Å²) < 4.78 is 0.981. The molecule has 0 saturated carbocycles. The van der Waals surface area contributed by atoms with Gasteiger partial charge in [-0.15, -0.1) is 0 Å². The second-order valence-corrected chi connectivity index (χ2v) is 5.52. The summed E-state index contributed by atoms with van der Waals surface area (Å²) in [4.78, 5) is 18.1. The van der Waals surface area contributed by atoms with Crippen LogP contribution in [0.1, 0.15) is 21.6 Å². The van der Waals surface area contributed by atoms with Crippen molar-refractivity contribution in [2.45, 2.75) is 13.5 Å². The first kappa shape index (κ1) is 14.5. The van der Waals surface area contributed by atoms with Gasteiger partial charge in [0.15, 0.2) is 0 Å². The summed E-state index contributed by atoms with van der Waals surface area (Å²) in [5.74, 6) is -0.134. The standard InChI is InChI=1S/C15H16BrN3O/c1-10-7-14(17)12(8-18-10)15(20)19(2)9-11-5-3-4-6-13(11)16/h3-8H,9H2,1-2H3,(H2,17,18). The summed E-state index contributed by atoms with van der Waals surface area (Å²) in [6, 6.07) is 9.52. The van der Waals surface area contributed by atoms with Crippen molar-refractivity contribution in [3.63, 3.8) is 0 Å². The Bertz CT molecular complexity index is 643. The summed E-state index contributed by atoms with van der Waals surface area (Å²) >= 11 is 3.48. The summed E-state index contributed by atoms with van der Waals surface area (Å²) in [5, 5.41) is 0. The van der Waals surface area contributed by atoms with Crippen molar-refractivity contribution < 1.29 is 4.79 Å². The van der Waals surface area contributed by atoms with Crippen LogP contribution in [0.25, 0.3) is 0 Å². The molecule has 0 fully saturated rings. The van der Waals surface area contributed by atoms with E-state index in [9.17, 15) is 4.79 Å². The number of nitrogen functional groups attached to an aromatic ring is 1. The third kappa shape index (κ3) is 3.17. The first-order valence-electron chi connectivity index (χ1n) is 6.20. The number of hydrogen-bond acceptors (Lipinski definition) is 3. The molecule has 0 saturated heterocycles. The lowest BCUT2D eigenvalue weighted by Gasteiger charge is -2.19. The molecule has 2 rings (SSSR count). The molecule has 2 aromatic rings. The van der Waals surface area contributed by atoms with E-state index in [2.05, 4.69) is 20.9 Å². The van der Waals surface area contributed by atoms with Gasteiger partial charge in [-0.2, -0.15) is 0 Å². The predicted octanol–water partition coefficient (Wildman–Crippen LogP) is 3.01. The molecule has 1 amide bonds. The average molecular weight is 334 g/mol. The minimum Gasteiger partial charge on any atom is -0.398 e. The fraction of sp³-hybridized carbons (Fsp3) is 0.200. The van der Waals surface area contributed by atoms with E-state index >= 15 is 0 Å². The molecule has 5 heteroatoms. The van der Waals surface area contributed by atoms with Crippen LogP contribution in [0, 0.1) is 6.92 Å². The fourth-order valence-electron chi connectivity index (χ4n) is 1.92. The van der Waals surface area contributed by atoms with E-state index in [0.717, 1.165) is 15.7 Å². The average Bonchev–Trinajstić information content (AvgIpc) is 2.40. The van der Waals surface area contributed by atoms with Crippen LogP contribution in [0.3, 0.4) is 0 Å². The topological polar surface area (TPSA) is 59.2 Å². The maximum atomic E-state index is 12.4. The lowest BCUT2D eigenvalue weighted by molar-refractivity contribution is 0.0785. The van der Waals surface area contributed by atoms with Gasteiger partial charge in [0.2, 0.25) is 0 Å². The normalized spacial score (nSPS) is 10.3. The molecule has 0 aliphatic heterocycles. The van der Waals surface area contributed by atoms with Gasteiger partial charge in [-0.1, -0.05) is 34.1 Å². The maximum absolute atomic E-state index is 12.4. The molecular formula is C15H16BrN3O. The van der Waals surface area contributed by atoms with Crippen molar-refractivity contribution in [2.75, 3.05) is 12.8 Å². The second kappa shape index (κ2) is 6.05. The van der Waals surface area contributed by atoms with E-state index in [4.69, 9.17) is 5.73 Å². The third-order valence-corrected chi connectivity index (χ3v) is 3.79. The van der Waals surface area contributed by atoms with Gasteiger partial charge in [0.25, 0.3) is 5.91 Å². The Morgan fingerprint density at radius 3 is 2.75 bits per heavy atom. The van der Waals surface area contributed by atoms with Crippen LogP contribution in [0.4, 0.5) is 5.69 Å². The lowest BCUT2D eigenvalue weighted by Crippen LogP contribution is -2.27. The highest BCUT2D eigenvalue weighted by Crippen LogP contribution is 2.19. The highest BCUT2D eigenvalue weighted by Gasteiger charge is 2.16. The van der Waals surface area contributed by atoms with Crippen molar-refractivity contribution in [2.24, 2.45) is 0 Å². The largest absolute Gasteiger partial charge is 0.398 e. The Morgan fingerprint density at radius 2 is 2.10 bits per heavy atom. The molecule has 0 bridgehead atoms. The highest BCUT2D eigenvalue weighted by atomic mass is 79.9. The number of aromatic nitrogens is 1. The lowest BCUT2D eigenvalue weighted by atomic mass is 10.1. The molecule has 1 aromatic heterocycles. The summed E-state index contributed by atoms with van der Waals surface area (Å²) in [5.41, 5.74) is 8.62. The number of rotatable bonds is 3. The first-order valence-corrected chi connectivity index (χ1v) is 6.99. The number of nitrogens with two attached hydrogens (primary N) is 1. The number of benzene rings is 1. The Labute approximate surface area is 126 Å². The number of hydrogen-bond donors (Lipinski definition) is 1. The highest BCUT2D eigenvalue weighted by molar-refractivity contribution is 9.10. The van der Waals surface area contributed by atoms with Crippen molar-refractivity contribution in [1.29, 1.82) is 0 Å². The van der Waals surface area contributed by atoms with Gasteiger partial charge < -0.3 is 10.6 Å². The molecule has 104 valence electrons. The molecule has 1 heterocycles. The van der Waals surface area contributed by atoms with Crippen LogP contribution in [-0.4, -0.2) is 22.8 Å². The molecule has 0 spiro atoms. The van der Waals surface area contributed by atoms with Crippen LogP contribution in [-0.2, 0) is 6.54 Å². The smallest absolute Gasteiger partial charge is 0.257 e. The van der Waals surface area contributed by atoms with Crippen LogP contribution in [0.5, 0.6) is 0 Å². The van der Waals surface area contributed by atoms with E-state index in [0.29, 0.717) is 17.8 Å². The Kier molecular flexibility index (Phi) is 4.39. The quantitative estimate of drug-likeness (QED) is 0.939. The molecule has 0 aliphatic carbocycles. The van der Waals surface area contributed by atoms with E-state index < -0.39 is 0 Å². The van der Waals surface area contributed by atoms with E-state index in [1.807, 2.05) is 31.2 Å². The number of amides is 1. The van der Waals surface area contributed by atoms with Gasteiger partial charge in [-0.3, -0.25) is 9.78 Å². The van der Waals surface area contributed by atoms with E-state index in [-0.39, 0.29) is 5.91 Å². The summed E-state index contributed by atoms with van der Waals surface area (Å²) in [7, 11) is 1.75. The van der Waals surface area contributed by atoms with Crippen LogP contribution in [0.15, 0.2) is 41.0 Å². The summed E-state index contributed by atoms with van der Waals surface area (Å²) in [6.07, 6.45) is 1.53. The monoisotopic (exact) mass is 333 g/mol. The number of anilines is 1. The van der Waals surface area contributed by atoms with Crippen molar-refractivity contribution in [3.05, 3.63) is 57.8 Å². The molecule has 1 aromatic carbocycles. The fourth-order valence-corrected chi connectivity index (χ4v) is 2.33. The number of carbonyl (C=O) groups excluding carboxylic acids is 1. The zero-order chi connectivity index (χ0) is 14.7. The molecular weight excluding hydrogens is 318 g/mol. The van der Waals surface area contributed by atoms with Gasteiger partial charge in [0, 0.05) is 35.6 Å². The van der Waals surface area contributed by atoms with E-state index in [1.165, 1.54) is 6.20 Å². The molecule has 0 radical (unpaired) electrons. The number of carbonyl (C=O) groups is 1. The van der Waals surface area contributed by atoms with Gasteiger partial charge in [-0.25, -0.2) is 0 Å². The molecule has 4 nitrogen and oxygen atoms in total. The number of pyridine rings is 1.